The number of likely N-dealkylation sites (tertiary alicyclic amines) is 1. The summed E-state index contributed by atoms with van der Waals surface area (Å²) in [5, 5.41) is 4.18. The van der Waals surface area contributed by atoms with E-state index in [0.29, 0.717) is 24.6 Å². The van der Waals surface area contributed by atoms with E-state index in [2.05, 4.69) is 20.1 Å². The molecule has 29 heavy (non-hydrogen) atoms. The van der Waals surface area contributed by atoms with Crippen molar-refractivity contribution in [3.05, 3.63) is 59.8 Å². The monoisotopic (exact) mass is 397 g/mol. The van der Waals surface area contributed by atoms with Gasteiger partial charge in [-0.05, 0) is 37.0 Å². The third kappa shape index (κ3) is 2.88. The van der Waals surface area contributed by atoms with Crippen LogP contribution in [0.2, 0.25) is 0 Å². The lowest BCUT2D eigenvalue weighted by Crippen LogP contribution is -2.35. The summed E-state index contributed by atoms with van der Waals surface area (Å²) in [5.74, 6) is -0.962. The molecule has 2 aromatic heterocycles. The fourth-order valence-corrected chi connectivity index (χ4v) is 4.58. The summed E-state index contributed by atoms with van der Waals surface area (Å²) in [5.41, 5.74) is -0.234. The van der Waals surface area contributed by atoms with Gasteiger partial charge in [-0.3, -0.25) is 9.78 Å². The lowest BCUT2D eigenvalue weighted by Gasteiger charge is -2.24. The molecule has 2 atom stereocenters. The highest BCUT2D eigenvalue weighted by molar-refractivity contribution is 5.94. The molecule has 3 aromatic rings. The first-order valence-corrected chi connectivity index (χ1v) is 9.42. The Labute approximate surface area is 164 Å². The zero-order valence-corrected chi connectivity index (χ0v) is 15.4. The Kier molecular flexibility index (Phi) is 4.11. The van der Waals surface area contributed by atoms with E-state index in [-0.39, 0.29) is 17.4 Å². The van der Waals surface area contributed by atoms with Crippen LogP contribution >= 0.6 is 0 Å². The van der Waals surface area contributed by atoms with Crippen molar-refractivity contribution >= 4 is 5.91 Å². The van der Waals surface area contributed by atoms with Gasteiger partial charge in [-0.1, -0.05) is 11.6 Å². The third-order valence-corrected chi connectivity index (χ3v) is 5.97. The SMILES string of the molecule is O=C(c1cc(F)ccc1F)N1C[C@H]2CCC[C@@]2(c2noc(-c3cnccn3)n2)C1. The second-order valence-electron chi connectivity index (χ2n) is 7.57. The van der Waals surface area contributed by atoms with Gasteiger partial charge in [0.05, 0.1) is 17.2 Å². The van der Waals surface area contributed by atoms with Crippen molar-refractivity contribution < 1.29 is 18.1 Å². The second kappa shape index (κ2) is 6.68. The summed E-state index contributed by atoms with van der Waals surface area (Å²) >= 11 is 0. The van der Waals surface area contributed by atoms with Crippen molar-refractivity contribution in [1.82, 2.24) is 25.0 Å². The molecule has 1 amide bonds. The Morgan fingerprint density at radius 3 is 3.00 bits per heavy atom. The molecular weight excluding hydrogens is 380 g/mol. The summed E-state index contributed by atoms with van der Waals surface area (Å²) < 4.78 is 33.1. The average molecular weight is 397 g/mol. The predicted molar refractivity (Wildman–Crippen MR) is 96.6 cm³/mol. The molecule has 1 aliphatic carbocycles. The lowest BCUT2D eigenvalue weighted by atomic mass is 9.80. The van der Waals surface area contributed by atoms with Crippen LogP contribution in [0, 0.1) is 17.6 Å². The minimum atomic E-state index is -0.730. The largest absolute Gasteiger partial charge is 0.337 e. The second-order valence-corrected chi connectivity index (χ2v) is 7.57. The first-order chi connectivity index (χ1) is 14.1. The topological polar surface area (TPSA) is 85.0 Å². The van der Waals surface area contributed by atoms with Gasteiger partial charge in [-0.2, -0.15) is 4.98 Å². The first-order valence-electron chi connectivity index (χ1n) is 9.42. The van der Waals surface area contributed by atoms with E-state index in [4.69, 9.17) is 4.52 Å². The van der Waals surface area contributed by atoms with Crippen molar-refractivity contribution in [3.8, 4) is 11.6 Å². The van der Waals surface area contributed by atoms with Crippen molar-refractivity contribution in [3.63, 3.8) is 0 Å². The molecule has 0 unspecified atom stereocenters. The molecule has 1 saturated heterocycles. The normalized spacial score (nSPS) is 23.4. The van der Waals surface area contributed by atoms with Crippen LogP contribution < -0.4 is 0 Å². The molecule has 148 valence electrons. The van der Waals surface area contributed by atoms with E-state index in [1.165, 1.54) is 6.20 Å². The van der Waals surface area contributed by atoms with Crippen LogP contribution in [0.3, 0.4) is 0 Å². The van der Waals surface area contributed by atoms with Crippen LogP contribution in [0.15, 0.2) is 41.3 Å². The van der Waals surface area contributed by atoms with Gasteiger partial charge >= 0.3 is 0 Å². The van der Waals surface area contributed by atoms with Crippen molar-refractivity contribution in [2.45, 2.75) is 24.7 Å². The maximum atomic E-state index is 14.1. The van der Waals surface area contributed by atoms with Gasteiger partial charge in [0.1, 0.15) is 17.3 Å². The average Bonchev–Trinajstić information content (AvgIpc) is 3.44. The predicted octanol–water partition coefficient (Wildman–Crippen LogP) is 3.00. The zero-order chi connectivity index (χ0) is 20.0. The van der Waals surface area contributed by atoms with Crippen LogP contribution in [0.25, 0.3) is 11.6 Å². The molecule has 3 heterocycles. The molecule has 1 aromatic carbocycles. The zero-order valence-electron chi connectivity index (χ0n) is 15.4. The standard InChI is InChI=1S/C20H17F2N5O2/c21-13-3-4-15(22)14(8-13)18(28)27-10-12-2-1-5-20(12,11-27)19-25-17(29-26-19)16-9-23-6-7-24-16/h3-4,6-9,12H,1-2,5,10-11H2/t12-,20-/m1/s1. The Bertz CT molecular complexity index is 1070. The minimum absolute atomic E-state index is 0.135. The Balaban J connectivity index is 1.45. The fraction of sp³-hybridized carbons (Fsp3) is 0.350. The molecular formula is C20H17F2N5O2. The van der Waals surface area contributed by atoms with Crippen LogP contribution in [0.1, 0.15) is 35.4 Å². The van der Waals surface area contributed by atoms with Crippen LogP contribution in [0.5, 0.6) is 0 Å². The number of carbonyl (C=O) groups is 1. The molecule has 0 N–H and O–H groups in total. The number of hydrogen-bond donors (Lipinski definition) is 0. The number of hydrogen-bond acceptors (Lipinski definition) is 6. The summed E-state index contributed by atoms with van der Waals surface area (Å²) in [7, 11) is 0. The number of halogens is 2. The van der Waals surface area contributed by atoms with Gasteiger partial charge in [0.2, 0.25) is 0 Å². The highest BCUT2D eigenvalue weighted by Crippen LogP contribution is 2.50. The highest BCUT2D eigenvalue weighted by atomic mass is 19.1. The first kappa shape index (κ1) is 17.8. The quantitative estimate of drug-likeness (QED) is 0.676. The van der Waals surface area contributed by atoms with Crippen molar-refractivity contribution in [2.24, 2.45) is 5.92 Å². The lowest BCUT2D eigenvalue weighted by molar-refractivity contribution is 0.0771. The summed E-state index contributed by atoms with van der Waals surface area (Å²) in [6.07, 6.45) is 7.32. The maximum Gasteiger partial charge on any atom is 0.278 e. The number of carbonyl (C=O) groups excluding carboxylic acids is 1. The number of aromatic nitrogens is 4. The Morgan fingerprint density at radius 2 is 2.17 bits per heavy atom. The van der Waals surface area contributed by atoms with E-state index in [1.807, 2.05) is 0 Å². The number of benzene rings is 1. The van der Waals surface area contributed by atoms with Gasteiger partial charge in [0, 0.05) is 25.5 Å². The van der Waals surface area contributed by atoms with Crippen molar-refractivity contribution in [1.29, 1.82) is 0 Å². The van der Waals surface area contributed by atoms with E-state index < -0.39 is 23.0 Å². The number of fused-ring (bicyclic) bond motifs is 1. The van der Waals surface area contributed by atoms with E-state index in [1.54, 1.807) is 17.3 Å². The molecule has 0 bridgehead atoms. The molecule has 2 fully saturated rings. The molecule has 0 spiro atoms. The van der Waals surface area contributed by atoms with Crippen molar-refractivity contribution in [2.75, 3.05) is 13.1 Å². The highest BCUT2D eigenvalue weighted by Gasteiger charge is 2.54. The molecule has 1 aliphatic heterocycles. The number of rotatable bonds is 3. The number of nitrogens with zero attached hydrogens (tertiary/aromatic N) is 5. The van der Waals surface area contributed by atoms with Gasteiger partial charge in [-0.15, -0.1) is 0 Å². The van der Waals surface area contributed by atoms with E-state index >= 15 is 0 Å². The van der Waals surface area contributed by atoms with Gasteiger partial charge in [-0.25, -0.2) is 13.8 Å². The smallest absolute Gasteiger partial charge is 0.278 e. The molecule has 5 rings (SSSR count). The Morgan fingerprint density at radius 1 is 1.28 bits per heavy atom. The van der Waals surface area contributed by atoms with Crippen LogP contribution in [-0.2, 0) is 5.41 Å². The van der Waals surface area contributed by atoms with Crippen LogP contribution in [0.4, 0.5) is 8.78 Å². The molecule has 1 saturated carbocycles. The summed E-state index contributed by atoms with van der Waals surface area (Å²) in [6, 6.07) is 2.92. The summed E-state index contributed by atoms with van der Waals surface area (Å²) in [6.45, 7) is 0.787. The molecule has 0 radical (unpaired) electrons. The Hall–Kier alpha value is -3.23. The number of amides is 1. The maximum absolute atomic E-state index is 14.1. The van der Waals surface area contributed by atoms with Gasteiger partial charge in [0.15, 0.2) is 5.82 Å². The van der Waals surface area contributed by atoms with E-state index in [9.17, 15) is 13.6 Å². The van der Waals surface area contributed by atoms with Crippen LogP contribution in [-0.4, -0.2) is 44.0 Å². The minimum Gasteiger partial charge on any atom is -0.337 e. The van der Waals surface area contributed by atoms with E-state index in [0.717, 1.165) is 37.5 Å². The third-order valence-electron chi connectivity index (χ3n) is 5.97. The fourth-order valence-electron chi connectivity index (χ4n) is 4.58. The molecule has 9 heteroatoms. The summed E-state index contributed by atoms with van der Waals surface area (Å²) in [4.78, 5) is 27.2. The van der Waals surface area contributed by atoms with Gasteiger partial charge in [0.25, 0.3) is 11.8 Å². The molecule has 7 nitrogen and oxygen atoms in total. The molecule has 2 aliphatic rings. The van der Waals surface area contributed by atoms with Gasteiger partial charge < -0.3 is 9.42 Å².